The van der Waals surface area contributed by atoms with Crippen LogP contribution in [-0.4, -0.2) is 23.7 Å². The number of hydrogen-bond donors (Lipinski definition) is 2. The third kappa shape index (κ3) is 5.53. The molecule has 1 fully saturated rings. The van der Waals surface area contributed by atoms with Crippen molar-refractivity contribution in [3.8, 4) is 0 Å². The van der Waals surface area contributed by atoms with Crippen LogP contribution < -0.4 is 5.32 Å². The van der Waals surface area contributed by atoms with Gasteiger partial charge < -0.3 is 10.4 Å². The summed E-state index contributed by atoms with van der Waals surface area (Å²) in [5, 5.41) is 12.0. The third-order valence-corrected chi connectivity index (χ3v) is 3.79. The quantitative estimate of drug-likeness (QED) is 0.750. The van der Waals surface area contributed by atoms with Gasteiger partial charge in [-0.25, -0.2) is 0 Å². The summed E-state index contributed by atoms with van der Waals surface area (Å²) in [5.41, 5.74) is 0. The lowest BCUT2D eigenvalue weighted by Crippen LogP contribution is -2.40. The molecule has 1 aliphatic carbocycles. The lowest BCUT2D eigenvalue weighted by atomic mass is 9.86. The van der Waals surface area contributed by atoms with Gasteiger partial charge in [0.2, 0.25) is 5.91 Å². The van der Waals surface area contributed by atoms with Gasteiger partial charge in [0.05, 0.1) is 0 Å². The molecule has 3 nitrogen and oxygen atoms in total. The first-order valence-corrected chi connectivity index (χ1v) is 7.03. The number of aliphatic hydroxyl groups excluding tert-OH is 1. The average molecular weight is 241 g/mol. The summed E-state index contributed by atoms with van der Waals surface area (Å²) in [6.45, 7) is 4.31. The van der Waals surface area contributed by atoms with Crippen LogP contribution in [0.3, 0.4) is 0 Å². The van der Waals surface area contributed by atoms with Crippen molar-refractivity contribution >= 4 is 5.91 Å². The molecule has 1 unspecified atom stereocenters. The van der Waals surface area contributed by atoms with Gasteiger partial charge in [0, 0.05) is 19.1 Å². The fourth-order valence-electron chi connectivity index (χ4n) is 2.63. The van der Waals surface area contributed by atoms with Crippen LogP contribution in [0.5, 0.6) is 0 Å². The molecule has 1 saturated carbocycles. The Morgan fingerprint density at radius 1 is 1.29 bits per heavy atom. The summed E-state index contributed by atoms with van der Waals surface area (Å²) in [4.78, 5) is 11.9. The summed E-state index contributed by atoms with van der Waals surface area (Å²) in [6, 6.07) is 0.121. The number of rotatable bonds is 6. The van der Waals surface area contributed by atoms with Crippen molar-refractivity contribution in [2.75, 3.05) is 6.61 Å². The summed E-state index contributed by atoms with van der Waals surface area (Å²) < 4.78 is 0. The minimum Gasteiger partial charge on any atom is -0.396 e. The first-order valence-electron chi connectivity index (χ1n) is 7.03. The Morgan fingerprint density at radius 3 is 2.47 bits per heavy atom. The maximum atomic E-state index is 11.9. The van der Waals surface area contributed by atoms with Crippen LogP contribution in [0.15, 0.2) is 0 Å². The highest BCUT2D eigenvalue weighted by Crippen LogP contribution is 2.26. The van der Waals surface area contributed by atoms with Crippen molar-refractivity contribution in [2.24, 2.45) is 11.8 Å². The SMILES string of the molecule is CC(C)C(CCO)NC(=O)CC1CCCCC1. The van der Waals surface area contributed by atoms with E-state index in [-0.39, 0.29) is 18.6 Å². The van der Waals surface area contributed by atoms with E-state index >= 15 is 0 Å². The van der Waals surface area contributed by atoms with Gasteiger partial charge in [-0.3, -0.25) is 4.79 Å². The fourth-order valence-corrected chi connectivity index (χ4v) is 2.63. The number of carbonyl (C=O) groups excluding carboxylic acids is 1. The van der Waals surface area contributed by atoms with Gasteiger partial charge in [0.1, 0.15) is 0 Å². The molecule has 0 aromatic carbocycles. The first kappa shape index (κ1) is 14.5. The largest absolute Gasteiger partial charge is 0.396 e. The predicted molar refractivity (Wildman–Crippen MR) is 69.7 cm³/mol. The van der Waals surface area contributed by atoms with Crippen LogP contribution in [0.4, 0.5) is 0 Å². The van der Waals surface area contributed by atoms with Crippen LogP contribution in [0.1, 0.15) is 58.8 Å². The van der Waals surface area contributed by atoms with Crippen molar-refractivity contribution in [2.45, 2.75) is 64.8 Å². The normalized spacial score (nSPS) is 19.3. The molecule has 3 heteroatoms. The summed E-state index contributed by atoms with van der Waals surface area (Å²) in [7, 11) is 0. The lowest BCUT2D eigenvalue weighted by molar-refractivity contribution is -0.123. The number of carbonyl (C=O) groups is 1. The van der Waals surface area contributed by atoms with E-state index in [0.29, 0.717) is 24.7 Å². The topological polar surface area (TPSA) is 49.3 Å². The highest BCUT2D eigenvalue weighted by atomic mass is 16.3. The summed E-state index contributed by atoms with van der Waals surface area (Å²) in [5.74, 6) is 1.15. The van der Waals surface area contributed by atoms with Gasteiger partial charge in [0.25, 0.3) is 0 Å². The molecule has 1 amide bonds. The Bertz CT molecular complexity index is 222. The van der Waals surface area contributed by atoms with Gasteiger partial charge in [0.15, 0.2) is 0 Å². The van der Waals surface area contributed by atoms with Crippen LogP contribution in [0, 0.1) is 11.8 Å². The second-order valence-corrected chi connectivity index (χ2v) is 5.64. The molecule has 100 valence electrons. The Morgan fingerprint density at radius 2 is 1.94 bits per heavy atom. The minimum atomic E-state index is 0.121. The van der Waals surface area contributed by atoms with Gasteiger partial charge in [-0.2, -0.15) is 0 Å². The van der Waals surface area contributed by atoms with Crippen molar-refractivity contribution in [3.63, 3.8) is 0 Å². The van der Waals surface area contributed by atoms with Crippen LogP contribution in [0.2, 0.25) is 0 Å². The molecule has 1 atom stereocenters. The third-order valence-electron chi connectivity index (χ3n) is 3.79. The van der Waals surface area contributed by atoms with E-state index in [0.717, 1.165) is 0 Å². The highest BCUT2D eigenvalue weighted by molar-refractivity contribution is 5.76. The van der Waals surface area contributed by atoms with E-state index in [1.165, 1.54) is 32.1 Å². The molecule has 0 radical (unpaired) electrons. The Hall–Kier alpha value is -0.570. The van der Waals surface area contributed by atoms with Crippen molar-refractivity contribution in [1.29, 1.82) is 0 Å². The number of amides is 1. The van der Waals surface area contributed by atoms with E-state index in [1.807, 2.05) is 0 Å². The Balaban J connectivity index is 2.30. The summed E-state index contributed by atoms with van der Waals surface area (Å²) >= 11 is 0. The zero-order valence-corrected chi connectivity index (χ0v) is 11.2. The zero-order valence-electron chi connectivity index (χ0n) is 11.2. The number of nitrogens with one attached hydrogen (secondary N) is 1. The maximum absolute atomic E-state index is 11.9. The second-order valence-electron chi connectivity index (χ2n) is 5.64. The molecule has 0 bridgehead atoms. The fraction of sp³-hybridized carbons (Fsp3) is 0.929. The smallest absolute Gasteiger partial charge is 0.220 e. The minimum absolute atomic E-state index is 0.121. The van der Waals surface area contributed by atoms with E-state index in [2.05, 4.69) is 19.2 Å². The average Bonchev–Trinajstić information content (AvgIpc) is 2.29. The van der Waals surface area contributed by atoms with Gasteiger partial charge in [-0.15, -0.1) is 0 Å². The molecule has 0 saturated heterocycles. The van der Waals surface area contributed by atoms with Gasteiger partial charge in [-0.05, 0) is 31.1 Å². The van der Waals surface area contributed by atoms with E-state index in [1.54, 1.807) is 0 Å². The first-order chi connectivity index (χ1) is 8.13. The molecule has 17 heavy (non-hydrogen) atoms. The lowest BCUT2D eigenvalue weighted by Gasteiger charge is -2.25. The molecule has 0 aliphatic heterocycles. The highest BCUT2D eigenvalue weighted by Gasteiger charge is 2.20. The van der Waals surface area contributed by atoms with Crippen LogP contribution in [0.25, 0.3) is 0 Å². The molecule has 1 rings (SSSR count). The summed E-state index contributed by atoms with van der Waals surface area (Å²) in [6.07, 6.45) is 7.64. The standard InChI is InChI=1S/C14H27NO2/c1-11(2)13(8-9-16)15-14(17)10-12-6-4-3-5-7-12/h11-13,16H,3-10H2,1-2H3,(H,15,17). The van der Waals surface area contributed by atoms with Gasteiger partial charge >= 0.3 is 0 Å². The van der Waals surface area contributed by atoms with E-state index in [4.69, 9.17) is 5.11 Å². The molecule has 0 aromatic heterocycles. The molecule has 0 spiro atoms. The molecule has 2 N–H and O–H groups in total. The van der Waals surface area contributed by atoms with E-state index < -0.39 is 0 Å². The number of hydrogen-bond acceptors (Lipinski definition) is 2. The molecule has 0 heterocycles. The Kier molecular flexibility index (Phi) is 6.56. The van der Waals surface area contributed by atoms with Crippen molar-refractivity contribution < 1.29 is 9.90 Å². The maximum Gasteiger partial charge on any atom is 0.220 e. The van der Waals surface area contributed by atoms with Crippen LogP contribution in [-0.2, 0) is 4.79 Å². The molecular weight excluding hydrogens is 214 g/mol. The van der Waals surface area contributed by atoms with E-state index in [9.17, 15) is 4.79 Å². The second kappa shape index (κ2) is 7.70. The molecule has 0 aromatic rings. The monoisotopic (exact) mass is 241 g/mol. The molecule has 1 aliphatic rings. The van der Waals surface area contributed by atoms with Gasteiger partial charge in [-0.1, -0.05) is 33.1 Å². The van der Waals surface area contributed by atoms with Crippen molar-refractivity contribution in [1.82, 2.24) is 5.32 Å². The zero-order chi connectivity index (χ0) is 12.7. The predicted octanol–water partition coefficient (Wildman–Crippen LogP) is 2.48. The van der Waals surface area contributed by atoms with Crippen LogP contribution >= 0.6 is 0 Å². The van der Waals surface area contributed by atoms with Crippen molar-refractivity contribution in [3.05, 3.63) is 0 Å². The Labute approximate surface area is 105 Å². The number of aliphatic hydroxyl groups is 1. The molecular formula is C14H27NO2.